The van der Waals surface area contributed by atoms with Crippen LogP contribution in [0.5, 0.6) is 0 Å². The van der Waals surface area contributed by atoms with Crippen molar-refractivity contribution in [2.75, 3.05) is 0 Å². The molecule has 9 heavy (non-hydrogen) atoms. The first-order chi connectivity index (χ1) is 0. The van der Waals surface area contributed by atoms with Gasteiger partial charge < -0.3 is 37.2 Å². The topological polar surface area (TPSA) is 0 Å². The Kier molecular flexibility index (Phi) is 557. The summed E-state index contributed by atoms with van der Waals surface area (Å²) >= 11 is 0. The summed E-state index contributed by atoms with van der Waals surface area (Å²) < 4.78 is 0. The van der Waals surface area contributed by atoms with Crippen LogP contribution in [-0.2, 0) is 0 Å². The van der Waals surface area contributed by atoms with Crippen molar-refractivity contribution in [2.24, 2.45) is 0 Å². The van der Waals surface area contributed by atoms with Crippen molar-refractivity contribution in [1.82, 2.24) is 0 Å². The third kappa shape index (κ3) is 54.5. The van der Waals surface area contributed by atoms with E-state index < -0.39 is 0 Å². The van der Waals surface area contributed by atoms with Crippen LogP contribution < -0.4 is 155 Å². The van der Waals surface area contributed by atoms with Crippen molar-refractivity contribution >= 4 is 8.41 Å². The maximum Gasteiger partial charge on any atom is 1.00 e. The molecule has 0 aromatic heterocycles. The summed E-state index contributed by atoms with van der Waals surface area (Å²) in [6.45, 7) is 0. The molecule has 0 heterocycles. The van der Waals surface area contributed by atoms with Gasteiger partial charge >= 0.3 is 118 Å². The second kappa shape index (κ2) is 63.7. The van der Waals surface area contributed by atoms with Gasteiger partial charge in [0.05, 0.1) is 0 Å². The Balaban J connectivity index is 0. The Bertz CT molecular complexity index is 15.8. The quantitative estimate of drug-likeness (QED) is 0.380. The average molecular weight is 353 g/mol. The van der Waals surface area contributed by atoms with Gasteiger partial charge in [0.1, 0.15) is 0 Å². The van der Waals surface area contributed by atoms with Gasteiger partial charge in [-0.15, -0.1) is 0 Å². The Morgan fingerprint density at radius 1 is 0.444 bits per heavy atom. The van der Waals surface area contributed by atoms with E-state index in [4.69, 9.17) is 0 Å². The monoisotopic (exact) mass is 352 g/mol. The first-order valence-electron chi connectivity index (χ1n) is 0. The summed E-state index contributed by atoms with van der Waals surface area (Å²) in [7, 11) is 0. The molecule has 0 aromatic rings. The Morgan fingerprint density at radius 2 is 0.444 bits per heavy atom. The molecule has 0 unspecified atom stereocenters. The van der Waals surface area contributed by atoms with Gasteiger partial charge in [-0.1, -0.05) is 8.41 Å². The van der Waals surface area contributed by atoms with E-state index in [1.807, 2.05) is 0 Å². The van der Waals surface area contributed by atoms with Crippen molar-refractivity contribution in [2.45, 2.75) is 0 Å². The molecule has 0 amide bonds. The molecule has 0 aliphatic rings. The van der Waals surface area contributed by atoms with Crippen molar-refractivity contribution in [3.05, 3.63) is 0 Å². The van der Waals surface area contributed by atoms with Gasteiger partial charge in [0.15, 0.2) is 0 Å². The largest absolute Gasteiger partial charge is 1.00 e. The molecule has 36 valence electrons. The number of rotatable bonds is 0. The zero-order chi connectivity index (χ0) is 0. The van der Waals surface area contributed by atoms with Gasteiger partial charge in [0, 0.05) is 41.7 Å². The molecule has 0 atom stereocenters. The first kappa shape index (κ1) is 78.7. The van der Waals surface area contributed by atoms with Crippen molar-refractivity contribution < 1.29 is 197 Å². The minimum Gasteiger partial charge on any atom is -1.00 e. The van der Waals surface area contributed by atoms with E-state index in [2.05, 4.69) is 0 Å². The third-order valence-electron chi connectivity index (χ3n) is 0. The van der Waals surface area contributed by atoms with Crippen LogP contribution in [0.2, 0.25) is 0 Å². The van der Waals surface area contributed by atoms with Crippen LogP contribution in [0.1, 0.15) is 0 Å². The summed E-state index contributed by atoms with van der Waals surface area (Å²) in [5.41, 5.74) is 0. The van der Waals surface area contributed by atoms with Gasteiger partial charge in [0.2, 0.25) is 0 Å². The fraction of sp³-hybridized carbons (Fsp3) is 0. The van der Waals surface area contributed by atoms with Crippen LogP contribution in [0.4, 0.5) is 0 Å². The van der Waals surface area contributed by atoms with Crippen LogP contribution in [0.3, 0.4) is 0 Å². The molecular formula is H4BCeCl3Na4. The van der Waals surface area contributed by atoms with Crippen LogP contribution in [0, 0.1) is 41.7 Å². The molecule has 0 N–H and O–H groups in total. The first-order valence-corrected chi connectivity index (χ1v) is 0. The van der Waals surface area contributed by atoms with E-state index in [0.717, 1.165) is 0 Å². The van der Waals surface area contributed by atoms with Gasteiger partial charge in [-0.2, -0.15) is 0 Å². The van der Waals surface area contributed by atoms with Crippen molar-refractivity contribution in [1.29, 1.82) is 0 Å². The second-order valence-corrected chi connectivity index (χ2v) is 0. The van der Waals surface area contributed by atoms with E-state index in [-0.39, 0.29) is 206 Å². The van der Waals surface area contributed by atoms with E-state index >= 15 is 0 Å². The summed E-state index contributed by atoms with van der Waals surface area (Å²) in [5.74, 6) is 0. The molecule has 0 bridgehead atoms. The van der Waals surface area contributed by atoms with Gasteiger partial charge in [-0.25, -0.2) is 0 Å². The molecule has 0 nitrogen and oxygen atoms in total. The molecule has 0 rings (SSSR count). The molecule has 0 radical (unpaired) electrons. The second-order valence-electron chi connectivity index (χ2n) is 0. The SMILES string of the molecule is [BH4-].[Ce].[Cl-].[Cl-].[Cl-].[Na+].[Na+].[Na+].[Na+]. The van der Waals surface area contributed by atoms with E-state index in [1.165, 1.54) is 0 Å². The molecule has 0 aliphatic heterocycles. The van der Waals surface area contributed by atoms with Crippen molar-refractivity contribution in [3.63, 3.8) is 0 Å². The molecule has 0 saturated carbocycles. The molecule has 0 aliphatic carbocycles. The minimum atomic E-state index is 0. The molecule has 9 heteroatoms. The Labute approximate surface area is 200 Å². The predicted octanol–water partition coefficient (Wildman–Crippen LogP) is -22.4. The van der Waals surface area contributed by atoms with Gasteiger partial charge in [-0.05, 0) is 0 Å². The summed E-state index contributed by atoms with van der Waals surface area (Å²) in [6, 6.07) is 0. The molecule has 0 aromatic carbocycles. The third-order valence-corrected chi connectivity index (χ3v) is 0. The fourth-order valence-electron chi connectivity index (χ4n) is 0. The smallest absolute Gasteiger partial charge is 1.00 e. The summed E-state index contributed by atoms with van der Waals surface area (Å²) in [6.07, 6.45) is 0. The predicted molar refractivity (Wildman–Crippen MR) is 11.3 cm³/mol. The Hall–Kier alpha value is 6.31. The maximum absolute atomic E-state index is 0. The standard InChI is InChI=1S/BH4.Ce.3ClH.4Na/h1H4;;3*1H;;;;/q-1;;;;;4*+1/p-3. The van der Waals surface area contributed by atoms with E-state index in [9.17, 15) is 0 Å². The maximum atomic E-state index is 0. The zero-order valence-corrected chi connectivity index (χ0v) is 19.0. The van der Waals surface area contributed by atoms with Crippen LogP contribution >= 0.6 is 0 Å². The van der Waals surface area contributed by atoms with E-state index in [0.29, 0.717) is 0 Å². The number of halogens is 3. The van der Waals surface area contributed by atoms with E-state index in [1.54, 1.807) is 0 Å². The van der Waals surface area contributed by atoms with Gasteiger partial charge in [-0.3, -0.25) is 0 Å². The minimum absolute atomic E-state index is 0. The molecule has 0 spiro atoms. The van der Waals surface area contributed by atoms with Crippen LogP contribution in [0.15, 0.2) is 0 Å². The van der Waals surface area contributed by atoms with Crippen LogP contribution in [-0.4, -0.2) is 8.41 Å². The zero-order valence-electron chi connectivity index (χ0n) is 5.63. The molecule has 0 saturated heterocycles. The normalized spacial score (nSPS) is 0. The van der Waals surface area contributed by atoms with Gasteiger partial charge in [0.25, 0.3) is 0 Å². The number of hydrogen-bond acceptors (Lipinski definition) is 0. The van der Waals surface area contributed by atoms with Crippen LogP contribution in [0.25, 0.3) is 0 Å². The molecular weight excluding hydrogens is 349 g/mol. The summed E-state index contributed by atoms with van der Waals surface area (Å²) in [5, 5.41) is 0. The van der Waals surface area contributed by atoms with Crippen molar-refractivity contribution in [3.8, 4) is 0 Å². The Morgan fingerprint density at radius 3 is 0.444 bits per heavy atom. The summed E-state index contributed by atoms with van der Waals surface area (Å²) in [4.78, 5) is 0. The molecule has 0 fully saturated rings. The fourth-order valence-corrected chi connectivity index (χ4v) is 0. The average Bonchev–Trinajstić information content (AvgIpc) is 0. The number of hydrogen-bond donors (Lipinski definition) is 0.